The largest absolute Gasteiger partial charge is 0.489 e. The van der Waals surface area contributed by atoms with E-state index < -0.39 is 27.8 Å². The Morgan fingerprint density at radius 1 is 1.25 bits per heavy atom. The maximum atomic E-state index is 13.6. The molecule has 0 saturated carbocycles. The van der Waals surface area contributed by atoms with Crippen LogP contribution in [0.5, 0.6) is 5.75 Å². The number of aryl methyl sites for hydroxylation is 3. The molecular weight excluding hydrogens is 493 g/mol. The summed E-state index contributed by atoms with van der Waals surface area (Å²) in [4.78, 5) is 31.3. The highest BCUT2D eigenvalue weighted by atomic mass is 32.2. The van der Waals surface area contributed by atoms with Gasteiger partial charge in [-0.3, -0.25) is 9.59 Å². The third-order valence-electron chi connectivity index (χ3n) is 6.45. The van der Waals surface area contributed by atoms with E-state index in [-0.39, 0.29) is 53.6 Å². The van der Waals surface area contributed by atoms with Gasteiger partial charge in [-0.15, -0.1) is 0 Å². The Bertz CT molecular complexity index is 1480. The van der Waals surface area contributed by atoms with E-state index in [1.54, 1.807) is 13.8 Å². The minimum absolute atomic E-state index is 0.0000422. The number of amides is 2. The van der Waals surface area contributed by atoms with Gasteiger partial charge in [0.2, 0.25) is 10.0 Å². The molecule has 2 atom stereocenters. The molecule has 0 radical (unpaired) electrons. The van der Waals surface area contributed by atoms with Crippen molar-refractivity contribution in [3.8, 4) is 5.75 Å². The van der Waals surface area contributed by atoms with Crippen molar-refractivity contribution in [3.05, 3.63) is 59.3 Å². The molecule has 3 aromatic rings. The standard InChI is InChI=1S/C23H24FN5O6S/c1-12-6-15(4-5-16(12)24)26-22(30)20-21-18(9-28(20)3)36(32,33)27-17-8-29(7-14(17)10-34-21)23(31)19-13(2)35-11-25-19/h4-6,9,11,14,17,27H,7-8,10H2,1-3H3,(H,26,30)/t14-,17-/m0/s1. The van der Waals surface area contributed by atoms with Crippen molar-refractivity contribution < 1.29 is 31.6 Å². The fourth-order valence-electron chi connectivity index (χ4n) is 4.54. The van der Waals surface area contributed by atoms with E-state index in [4.69, 9.17) is 9.15 Å². The van der Waals surface area contributed by atoms with Crippen LogP contribution >= 0.6 is 0 Å². The molecule has 2 aliphatic heterocycles. The normalized spacial score (nSPS) is 20.6. The molecule has 2 aliphatic rings. The molecule has 11 nitrogen and oxygen atoms in total. The molecule has 13 heteroatoms. The van der Waals surface area contributed by atoms with Gasteiger partial charge in [0.1, 0.15) is 16.5 Å². The van der Waals surface area contributed by atoms with Crippen LogP contribution in [0.4, 0.5) is 10.1 Å². The van der Waals surface area contributed by atoms with Crippen LogP contribution < -0.4 is 14.8 Å². The summed E-state index contributed by atoms with van der Waals surface area (Å²) in [5.41, 5.74) is 0.881. The van der Waals surface area contributed by atoms with Crippen LogP contribution in [0.1, 0.15) is 32.3 Å². The number of sulfonamides is 1. The minimum atomic E-state index is -4.09. The van der Waals surface area contributed by atoms with Gasteiger partial charge in [0.15, 0.2) is 23.5 Å². The number of likely N-dealkylation sites (tertiary alicyclic amines) is 1. The van der Waals surface area contributed by atoms with Crippen molar-refractivity contribution in [1.29, 1.82) is 0 Å². The second-order valence-corrected chi connectivity index (χ2v) is 10.6. The molecule has 2 amide bonds. The van der Waals surface area contributed by atoms with Crippen LogP contribution in [0.3, 0.4) is 0 Å². The van der Waals surface area contributed by atoms with Crippen molar-refractivity contribution >= 4 is 27.5 Å². The molecule has 1 aromatic carbocycles. The molecule has 36 heavy (non-hydrogen) atoms. The average Bonchev–Trinajstić information content (AvgIpc) is 3.50. The van der Waals surface area contributed by atoms with Crippen LogP contribution in [-0.2, 0) is 17.1 Å². The zero-order valence-electron chi connectivity index (χ0n) is 19.7. The molecule has 0 unspecified atom stereocenters. The summed E-state index contributed by atoms with van der Waals surface area (Å²) < 4.78 is 55.2. The smallest absolute Gasteiger partial charge is 0.276 e. The predicted octanol–water partition coefficient (Wildman–Crippen LogP) is 1.83. The second-order valence-electron chi connectivity index (χ2n) is 8.97. The van der Waals surface area contributed by atoms with Gasteiger partial charge in [-0.1, -0.05) is 0 Å². The number of nitrogens with one attached hydrogen (secondary N) is 2. The fraction of sp³-hybridized carbons (Fsp3) is 0.348. The number of aromatic nitrogens is 2. The first-order chi connectivity index (χ1) is 17.0. The lowest BCUT2D eigenvalue weighted by molar-refractivity contribution is 0.0775. The Kier molecular flexibility index (Phi) is 5.83. The van der Waals surface area contributed by atoms with Gasteiger partial charge in [-0.25, -0.2) is 22.5 Å². The topological polar surface area (TPSA) is 136 Å². The van der Waals surface area contributed by atoms with Crippen molar-refractivity contribution in [2.24, 2.45) is 13.0 Å². The summed E-state index contributed by atoms with van der Waals surface area (Å²) in [5.74, 6) is -1.45. The Labute approximate surface area is 206 Å². The van der Waals surface area contributed by atoms with Crippen LogP contribution in [0.25, 0.3) is 0 Å². The molecule has 2 aromatic heterocycles. The summed E-state index contributed by atoms with van der Waals surface area (Å²) in [6.07, 6.45) is 2.49. The minimum Gasteiger partial charge on any atom is -0.489 e. The monoisotopic (exact) mass is 517 g/mol. The Morgan fingerprint density at radius 2 is 2.03 bits per heavy atom. The summed E-state index contributed by atoms with van der Waals surface area (Å²) in [6, 6.07) is 3.54. The number of fused-ring (bicyclic) bond motifs is 2. The van der Waals surface area contributed by atoms with E-state index in [0.717, 1.165) is 0 Å². The van der Waals surface area contributed by atoms with E-state index >= 15 is 0 Å². The number of rotatable bonds is 3. The molecule has 0 spiro atoms. The average molecular weight is 518 g/mol. The maximum absolute atomic E-state index is 13.6. The number of carbonyl (C=O) groups excluding carboxylic acids is 2. The molecule has 0 aliphatic carbocycles. The van der Waals surface area contributed by atoms with E-state index in [2.05, 4.69) is 15.0 Å². The second kappa shape index (κ2) is 8.75. The number of hydrogen-bond acceptors (Lipinski definition) is 7. The SMILES string of the molecule is Cc1cc(NC(=O)c2c3c(cn2C)S(=O)(=O)N[C@H]2CN(C(=O)c4ncoc4C)C[C@H]2CO3)ccc1F. The Balaban J connectivity index is 1.41. The molecule has 190 valence electrons. The first-order valence-electron chi connectivity index (χ1n) is 11.2. The van der Waals surface area contributed by atoms with Crippen LogP contribution in [-0.4, -0.2) is 60.4 Å². The molecule has 0 bridgehead atoms. The van der Waals surface area contributed by atoms with Crippen molar-refractivity contribution in [2.75, 3.05) is 25.0 Å². The zero-order valence-corrected chi connectivity index (χ0v) is 20.6. The number of oxazole rings is 1. The quantitative estimate of drug-likeness (QED) is 0.541. The first kappa shape index (κ1) is 24.0. The van der Waals surface area contributed by atoms with Gasteiger partial charge in [0.05, 0.1) is 6.61 Å². The van der Waals surface area contributed by atoms with Crippen molar-refractivity contribution in [3.63, 3.8) is 0 Å². The summed E-state index contributed by atoms with van der Waals surface area (Å²) >= 11 is 0. The van der Waals surface area contributed by atoms with E-state index in [1.165, 1.54) is 47.3 Å². The van der Waals surface area contributed by atoms with Gasteiger partial charge in [0.25, 0.3) is 11.8 Å². The summed E-state index contributed by atoms with van der Waals surface area (Å²) in [7, 11) is -2.55. The molecule has 5 rings (SSSR count). The third kappa shape index (κ3) is 4.13. The van der Waals surface area contributed by atoms with Gasteiger partial charge < -0.3 is 23.9 Å². The van der Waals surface area contributed by atoms with Gasteiger partial charge in [0, 0.05) is 44.0 Å². The lowest BCUT2D eigenvalue weighted by Crippen LogP contribution is -2.43. The first-order valence-corrected chi connectivity index (χ1v) is 12.6. The number of hydrogen-bond donors (Lipinski definition) is 2. The van der Waals surface area contributed by atoms with Crippen molar-refractivity contribution in [1.82, 2.24) is 19.2 Å². The number of anilines is 1. The Morgan fingerprint density at radius 3 is 2.72 bits per heavy atom. The highest BCUT2D eigenvalue weighted by Crippen LogP contribution is 2.35. The molecule has 1 fully saturated rings. The van der Waals surface area contributed by atoms with Crippen LogP contribution in [0.2, 0.25) is 0 Å². The lowest BCUT2D eigenvalue weighted by Gasteiger charge is -2.23. The summed E-state index contributed by atoms with van der Waals surface area (Å²) in [6.45, 7) is 3.64. The van der Waals surface area contributed by atoms with Crippen molar-refractivity contribution in [2.45, 2.75) is 24.8 Å². The Hall–Kier alpha value is -3.71. The summed E-state index contributed by atoms with van der Waals surface area (Å²) in [5, 5.41) is 2.67. The number of halogens is 1. The van der Waals surface area contributed by atoms with Gasteiger partial charge in [-0.05, 0) is 37.6 Å². The van der Waals surface area contributed by atoms with Gasteiger partial charge in [-0.2, -0.15) is 0 Å². The zero-order chi connectivity index (χ0) is 25.8. The van der Waals surface area contributed by atoms with Gasteiger partial charge >= 0.3 is 0 Å². The fourth-order valence-corrected chi connectivity index (χ4v) is 6.03. The number of nitrogens with zero attached hydrogens (tertiary/aromatic N) is 3. The number of carbonyl (C=O) groups is 2. The third-order valence-corrected chi connectivity index (χ3v) is 7.93. The molecule has 4 heterocycles. The highest BCUT2D eigenvalue weighted by Gasteiger charge is 2.43. The van der Waals surface area contributed by atoms with Crippen LogP contribution in [0.15, 0.2) is 40.1 Å². The van der Waals surface area contributed by atoms with E-state index in [0.29, 0.717) is 17.0 Å². The molecular formula is C23H24FN5O6S. The maximum Gasteiger partial charge on any atom is 0.276 e. The molecule has 2 N–H and O–H groups in total. The lowest BCUT2D eigenvalue weighted by atomic mass is 10.1. The van der Waals surface area contributed by atoms with Crippen LogP contribution in [0, 0.1) is 25.6 Å². The molecule has 1 saturated heterocycles. The van der Waals surface area contributed by atoms with E-state index in [9.17, 15) is 22.4 Å². The highest BCUT2D eigenvalue weighted by molar-refractivity contribution is 7.89. The number of benzene rings is 1. The predicted molar refractivity (Wildman–Crippen MR) is 125 cm³/mol. The number of ether oxygens (including phenoxy) is 1. The van der Waals surface area contributed by atoms with E-state index in [1.807, 2.05) is 0 Å².